The Bertz CT molecular complexity index is 647. The predicted molar refractivity (Wildman–Crippen MR) is 88.7 cm³/mol. The molecule has 0 spiro atoms. The van der Waals surface area contributed by atoms with Gasteiger partial charge in [0, 0.05) is 20.1 Å². The molecule has 0 aliphatic rings. The third-order valence-corrected chi connectivity index (χ3v) is 3.52. The maximum Gasteiger partial charge on any atom is 0.191 e. The lowest BCUT2D eigenvalue weighted by atomic mass is 10.1. The summed E-state index contributed by atoms with van der Waals surface area (Å²) in [6.45, 7) is 5.88. The third-order valence-electron chi connectivity index (χ3n) is 3.52. The first-order valence-corrected chi connectivity index (χ1v) is 7.71. The van der Waals surface area contributed by atoms with Gasteiger partial charge in [0.2, 0.25) is 0 Å². The van der Waals surface area contributed by atoms with E-state index in [4.69, 9.17) is 0 Å². The summed E-state index contributed by atoms with van der Waals surface area (Å²) >= 11 is 0. The molecule has 7 heteroatoms. The molecule has 0 aliphatic carbocycles. The number of benzene rings is 1. The molecule has 0 unspecified atom stereocenters. The van der Waals surface area contributed by atoms with E-state index in [1.807, 2.05) is 25.5 Å². The highest BCUT2D eigenvalue weighted by Crippen LogP contribution is 2.03. The van der Waals surface area contributed by atoms with Crippen LogP contribution in [-0.4, -0.2) is 33.8 Å². The Morgan fingerprint density at radius 1 is 1.22 bits per heavy atom. The lowest BCUT2D eigenvalue weighted by Gasteiger charge is -2.11. The Balaban J connectivity index is 1.88. The predicted octanol–water partition coefficient (Wildman–Crippen LogP) is 1.56. The van der Waals surface area contributed by atoms with Gasteiger partial charge in [0.25, 0.3) is 0 Å². The van der Waals surface area contributed by atoms with Crippen molar-refractivity contribution >= 4 is 5.96 Å². The number of nitrogens with zero attached hydrogens (tertiary/aromatic N) is 4. The Kier molecular flexibility index (Phi) is 6.08. The zero-order valence-corrected chi connectivity index (χ0v) is 13.8. The number of halogens is 1. The number of aryl methyl sites for hydroxylation is 1. The Morgan fingerprint density at radius 3 is 2.57 bits per heavy atom. The van der Waals surface area contributed by atoms with Crippen LogP contribution in [0.2, 0.25) is 0 Å². The van der Waals surface area contributed by atoms with Gasteiger partial charge in [-0.25, -0.2) is 9.38 Å². The van der Waals surface area contributed by atoms with Crippen LogP contribution in [0, 0.1) is 12.7 Å². The zero-order chi connectivity index (χ0) is 16.7. The molecule has 23 heavy (non-hydrogen) atoms. The first-order chi connectivity index (χ1) is 11.1. The Hall–Kier alpha value is -2.44. The van der Waals surface area contributed by atoms with Crippen molar-refractivity contribution in [3.8, 4) is 0 Å². The number of aliphatic imine (C=N–C) groups is 1. The van der Waals surface area contributed by atoms with Crippen molar-refractivity contribution in [3.63, 3.8) is 0 Å². The molecular formula is C16H23FN6. The molecule has 1 heterocycles. The van der Waals surface area contributed by atoms with Crippen LogP contribution in [0.25, 0.3) is 0 Å². The monoisotopic (exact) mass is 318 g/mol. The molecule has 0 saturated heterocycles. The number of rotatable bonds is 6. The number of hydrogen-bond donors (Lipinski definition) is 2. The minimum Gasteiger partial charge on any atom is -0.357 e. The average Bonchev–Trinajstić information content (AvgIpc) is 2.86. The van der Waals surface area contributed by atoms with Crippen LogP contribution in [0.1, 0.15) is 24.1 Å². The van der Waals surface area contributed by atoms with Gasteiger partial charge < -0.3 is 15.2 Å². The van der Waals surface area contributed by atoms with Gasteiger partial charge in [-0.1, -0.05) is 12.1 Å². The molecule has 0 amide bonds. The Labute approximate surface area is 135 Å². The van der Waals surface area contributed by atoms with Crippen molar-refractivity contribution in [1.82, 2.24) is 25.4 Å². The van der Waals surface area contributed by atoms with Gasteiger partial charge in [0.15, 0.2) is 11.8 Å². The largest absolute Gasteiger partial charge is 0.357 e. The SMILES string of the molecule is CCNC(=NCc1nnc(C)n1C)NCCc1ccc(F)cc1. The summed E-state index contributed by atoms with van der Waals surface area (Å²) < 4.78 is 14.8. The second kappa shape index (κ2) is 8.26. The minimum absolute atomic E-state index is 0.212. The van der Waals surface area contributed by atoms with Crippen molar-refractivity contribution in [3.05, 3.63) is 47.3 Å². The van der Waals surface area contributed by atoms with Crippen LogP contribution in [0.15, 0.2) is 29.3 Å². The van der Waals surface area contributed by atoms with Crippen LogP contribution < -0.4 is 10.6 Å². The molecule has 124 valence electrons. The number of aromatic nitrogens is 3. The van der Waals surface area contributed by atoms with Gasteiger partial charge in [0.05, 0.1) is 0 Å². The highest BCUT2D eigenvalue weighted by molar-refractivity contribution is 5.79. The maximum atomic E-state index is 12.9. The summed E-state index contributed by atoms with van der Waals surface area (Å²) in [5, 5.41) is 14.6. The molecule has 6 nitrogen and oxygen atoms in total. The van der Waals surface area contributed by atoms with E-state index < -0.39 is 0 Å². The van der Waals surface area contributed by atoms with E-state index in [1.54, 1.807) is 12.1 Å². The van der Waals surface area contributed by atoms with Crippen molar-refractivity contribution in [2.24, 2.45) is 12.0 Å². The maximum absolute atomic E-state index is 12.9. The summed E-state index contributed by atoms with van der Waals surface area (Å²) in [5.41, 5.74) is 1.08. The number of hydrogen-bond acceptors (Lipinski definition) is 3. The molecule has 2 rings (SSSR count). The summed E-state index contributed by atoms with van der Waals surface area (Å²) in [5.74, 6) is 2.20. The van der Waals surface area contributed by atoms with E-state index in [0.717, 1.165) is 42.7 Å². The Morgan fingerprint density at radius 2 is 1.96 bits per heavy atom. The van der Waals surface area contributed by atoms with Gasteiger partial charge in [-0.3, -0.25) is 0 Å². The topological polar surface area (TPSA) is 67.1 Å². The molecule has 0 saturated carbocycles. The lowest BCUT2D eigenvalue weighted by molar-refractivity contribution is 0.626. The molecule has 2 aromatic rings. The van der Waals surface area contributed by atoms with E-state index in [9.17, 15) is 4.39 Å². The molecule has 1 aromatic heterocycles. The first-order valence-electron chi connectivity index (χ1n) is 7.71. The second-order valence-electron chi connectivity index (χ2n) is 5.22. The van der Waals surface area contributed by atoms with Crippen LogP contribution in [0.3, 0.4) is 0 Å². The fourth-order valence-corrected chi connectivity index (χ4v) is 2.06. The van der Waals surface area contributed by atoms with Gasteiger partial charge in [-0.05, 0) is 38.0 Å². The summed E-state index contributed by atoms with van der Waals surface area (Å²) in [4.78, 5) is 4.51. The number of nitrogens with one attached hydrogen (secondary N) is 2. The lowest BCUT2D eigenvalue weighted by Crippen LogP contribution is -2.38. The zero-order valence-electron chi connectivity index (χ0n) is 13.8. The standard InChI is InChI=1S/C16H23FN6/c1-4-18-16(20-11-15-22-21-12(2)23(15)3)19-10-9-13-5-7-14(17)8-6-13/h5-8H,4,9-11H2,1-3H3,(H2,18,19,20). The van der Waals surface area contributed by atoms with Crippen LogP contribution in [-0.2, 0) is 20.0 Å². The highest BCUT2D eigenvalue weighted by atomic mass is 19.1. The smallest absolute Gasteiger partial charge is 0.191 e. The molecule has 0 bridgehead atoms. The minimum atomic E-state index is -0.212. The molecule has 0 atom stereocenters. The fourth-order valence-electron chi connectivity index (χ4n) is 2.06. The van der Waals surface area contributed by atoms with Gasteiger partial charge in [-0.15, -0.1) is 10.2 Å². The van der Waals surface area contributed by atoms with Gasteiger partial charge >= 0.3 is 0 Å². The quantitative estimate of drug-likeness (QED) is 0.626. The summed E-state index contributed by atoms with van der Waals surface area (Å²) in [6, 6.07) is 6.54. The van der Waals surface area contributed by atoms with Crippen LogP contribution in [0.4, 0.5) is 4.39 Å². The van der Waals surface area contributed by atoms with Crippen LogP contribution in [0.5, 0.6) is 0 Å². The third kappa shape index (κ3) is 5.05. The average molecular weight is 318 g/mol. The first kappa shape index (κ1) is 16.9. The molecular weight excluding hydrogens is 295 g/mol. The van der Waals surface area contributed by atoms with Crippen molar-refractivity contribution in [1.29, 1.82) is 0 Å². The fraction of sp³-hybridized carbons (Fsp3) is 0.438. The van der Waals surface area contributed by atoms with Crippen LogP contribution >= 0.6 is 0 Å². The van der Waals surface area contributed by atoms with Crippen molar-refractivity contribution in [2.75, 3.05) is 13.1 Å². The molecule has 0 fully saturated rings. The van der Waals surface area contributed by atoms with Gasteiger partial charge in [-0.2, -0.15) is 0 Å². The summed E-state index contributed by atoms with van der Waals surface area (Å²) in [6.07, 6.45) is 0.799. The highest BCUT2D eigenvalue weighted by Gasteiger charge is 2.04. The van der Waals surface area contributed by atoms with E-state index in [1.165, 1.54) is 12.1 Å². The number of guanidine groups is 1. The molecule has 2 N–H and O–H groups in total. The second-order valence-corrected chi connectivity index (χ2v) is 5.22. The van der Waals surface area contributed by atoms with E-state index in [2.05, 4.69) is 25.8 Å². The summed E-state index contributed by atoms with van der Waals surface area (Å²) in [7, 11) is 1.93. The normalized spacial score (nSPS) is 11.6. The van der Waals surface area contributed by atoms with Crippen molar-refractivity contribution < 1.29 is 4.39 Å². The van der Waals surface area contributed by atoms with E-state index in [0.29, 0.717) is 6.54 Å². The molecule has 0 radical (unpaired) electrons. The van der Waals surface area contributed by atoms with E-state index >= 15 is 0 Å². The van der Waals surface area contributed by atoms with Crippen molar-refractivity contribution in [2.45, 2.75) is 26.8 Å². The molecule has 1 aromatic carbocycles. The van der Waals surface area contributed by atoms with E-state index in [-0.39, 0.29) is 5.82 Å². The van der Waals surface area contributed by atoms with Gasteiger partial charge in [0.1, 0.15) is 18.2 Å². The molecule has 0 aliphatic heterocycles.